The van der Waals surface area contributed by atoms with Gasteiger partial charge in [-0.05, 0) is 50.2 Å². The fraction of sp³-hybridized carbons (Fsp3) is 0.316. The van der Waals surface area contributed by atoms with Gasteiger partial charge in [0.15, 0.2) is 12.2 Å². The van der Waals surface area contributed by atoms with Crippen molar-refractivity contribution >= 4 is 69.8 Å². The molecular weight excluding hydrogens is 945 g/mol. The van der Waals surface area contributed by atoms with E-state index in [1.165, 1.54) is 0 Å². The summed E-state index contributed by atoms with van der Waals surface area (Å²) in [7, 11) is 0. The molecule has 2 saturated heterocycles. The quantitative estimate of drug-likeness (QED) is 0.160. The van der Waals surface area contributed by atoms with E-state index in [1.54, 1.807) is 0 Å². The molecule has 65 heavy (non-hydrogen) atoms. The van der Waals surface area contributed by atoms with Gasteiger partial charge in [-0.1, -0.05) is 23.2 Å². The first kappa shape index (κ1) is 43.2. The Labute approximate surface area is 377 Å². The molecule has 352 valence electrons. The van der Waals surface area contributed by atoms with Crippen LogP contribution < -0.4 is 19.6 Å². The number of likely N-dealkylation sites (N-methyl/N-ethyl adjacent to an activating group) is 2. The van der Waals surface area contributed by atoms with Gasteiger partial charge in [0.05, 0.1) is 32.5 Å². The number of carbonyl (C=O) groups is 4. The Morgan fingerprint density at radius 1 is 0.615 bits per heavy atom. The first-order valence-electron chi connectivity index (χ1n) is 20.4. The van der Waals surface area contributed by atoms with Gasteiger partial charge in [-0.25, -0.2) is 27.5 Å². The van der Waals surface area contributed by atoms with Gasteiger partial charge in [-0.15, -0.1) is 0 Å². The smallest absolute Gasteiger partial charge is 0.412 e. The van der Waals surface area contributed by atoms with E-state index in [9.17, 15) is 83.5 Å². The highest BCUT2D eigenvalue weighted by atomic mass is 35.5. The average Bonchev–Trinajstić information content (AvgIpc) is 3.58. The highest BCUT2D eigenvalue weighted by Crippen LogP contribution is 2.38. The fourth-order valence-corrected chi connectivity index (χ4v) is 6.59. The summed E-state index contributed by atoms with van der Waals surface area (Å²) in [6.07, 6.45) is -19.3. The molecule has 4 heterocycles. The molecule has 2 aromatic carbocycles. The van der Waals surface area contributed by atoms with Gasteiger partial charge < -0.3 is 35.7 Å². The Hall–Kier alpha value is -5.70. The summed E-state index contributed by atoms with van der Waals surface area (Å²) in [5.74, 6) is -13.8. The summed E-state index contributed by atoms with van der Waals surface area (Å²) in [5.41, 5.74) is -5.27. The predicted octanol–water partition coefficient (Wildman–Crippen LogP) is 4.06. The second-order valence-electron chi connectivity index (χ2n) is 13.7. The zero-order valence-corrected chi connectivity index (χ0v) is 33.7. The minimum atomic E-state index is -4.92. The average molecular weight is 984 g/mol. The molecule has 2 fully saturated rings. The van der Waals surface area contributed by atoms with Crippen LogP contribution >= 0.6 is 23.2 Å². The monoisotopic (exact) mass is 982 g/mol. The molecule has 6 N–H and O–H groups in total. The second kappa shape index (κ2) is 19.0. The molecule has 27 heteroatoms. The largest absolute Gasteiger partial charge is 0.416 e. The number of hydrogen-bond donors (Lipinski definition) is 4. The van der Waals surface area contributed by atoms with E-state index >= 15 is 0 Å². The van der Waals surface area contributed by atoms with Crippen molar-refractivity contribution < 1.29 is 97.2 Å². The third-order valence-corrected chi connectivity index (χ3v) is 9.85. The van der Waals surface area contributed by atoms with Crippen LogP contribution in [0.4, 0.5) is 66.9 Å². The van der Waals surface area contributed by atoms with Crippen molar-refractivity contribution in [1.82, 2.24) is 9.97 Å². The lowest BCUT2D eigenvalue weighted by Crippen LogP contribution is -2.50. The SMILES string of the molecule is O.[2H]C([2H])([2H])N(C(=O)[C@@H]1[C@H](O)[C@H](O)C(=O)N1c1cc(C(F)(F)F)cc(C)n1)c1cc(Cl)c(F)cc1F.[2H]C([2H])([2H])N(C(=O)[C@@H]1[C@H](O)[C@H](O)C(=O)N1c1cc(C(F)(F)F)cc(C)n1)c1cc(Cl)c(F)cc1F. The van der Waals surface area contributed by atoms with Gasteiger partial charge in [-0.2, -0.15) is 26.3 Å². The number of anilines is 4. The molecule has 2 aromatic heterocycles. The zero-order valence-electron chi connectivity index (χ0n) is 38.2. The number of aryl methyl sites for hydroxylation is 2. The van der Waals surface area contributed by atoms with Gasteiger partial charge in [0.25, 0.3) is 23.6 Å². The van der Waals surface area contributed by atoms with Gasteiger partial charge >= 0.3 is 12.4 Å². The number of aromatic nitrogens is 2. The van der Waals surface area contributed by atoms with Crippen molar-refractivity contribution in [2.24, 2.45) is 0 Å². The van der Waals surface area contributed by atoms with Crippen molar-refractivity contribution in [2.45, 2.75) is 62.7 Å². The summed E-state index contributed by atoms with van der Waals surface area (Å²) < 4.78 is 182. The maximum Gasteiger partial charge on any atom is 0.416 e. The van der Waals surface area contributed by atoms with Crippen LogP contribution in [-0.4, -0.2) is 110 Å². The molecule has 0 unspecified atom stereocenters. The van der Waals surface area contributed by atoms with Crippen molar-refractivity contribution in [1.29, 1.82) is 0 Å². The van der Waals surface area contributed by atoms with E-state index < -0.39 is 154 Å². The third kappa shape index (κ3) is 10.2. The number of pyridine rings is 2. The Kier molecular flexibility index (Phi) is 12.6. The summed E-state index contributed by atoms with van der Waals surface area (Å²) in [6.45, 7) is -4.77. The van der Waals surface area contributed by atoms with Gasteiger partial charge in [-0.3, -0.25) is 29.0 Å². The number of aliphatic hydroxyl groups excluding tert-OH is 4. The van der Waals surface area contributed by atoms with Crippen molar-refractivity contribution in [3.05, 3.63) is 104 Å². The fourth-order valence-electron chi connectivity index (χ4n) is 6.27. The van der Waals surface area contributed by atoms with Crippen LogP contribution in [0, 0.1) is 37.1 Å². The van der Waals surface area contributed by atoms with E-state index in [0.717, 1.165) is 13.8 Å². The van der Waals surface area contributed by atoms with Crippen LogP contribution in [0.25, 0.3) is 0 Å². The number of aliphatic hydroxyl groups is 4. The number of nitrogens with zero attached hydrogens (tertiary/aromatic N) is 6. The molecule has 0 aliphatic carbocycles. The molecule has 2 aliphatic rings. The van der Waals surface area contributed by atoms with E-state index in [0.29, 0.717) is 36.4 Å². The second-order valence-corrected chi connectivity index (χ2v) is 14.5. The first-order chi connectivity index (χ1) is 31.9. The topological polar surface area (TPSA) is 219 Å². The van der Waals surface area contributed by atoms with Gasteiger partial charge in [0, 0.05) is 45.7 Å². The normalized spacial score (nSPS) is 22.7. The van der Waals surface area contributed by atoms with E-state index in [-0.39, 0.29) is 48.6 Å². The maximum absolute atomic E-state index is 14.5. The van der Waals surface area contributed by atoms with Crippen LogP contribution in [0.2, 0.25) is 10.0 Å². The van der Waals surface area contributed by atoms with E-state index in [4.69, 9.17) is 31.4 Å². The predicted molar refractivity (Wildman–Crippen MR) is 208 cm³/mol. The molecule has 6 rings (SSSR count). The number of amides is 4. The van der Waals surface area contributed by atoms with Crippen LogP contribution in [0.1, 0.15) is 30.7 Å². The summed E-state index contributed by atoms with van der Waals surface area (Å²) in [5, 5.41) is 39.3. The zero-order chi connectivity index (χ0) is 53.2. The van der Waals surface area contributed by atoms with Crippen molar-refractivity contribution in [3.8, 4) is 0 Å². The van der Waals surface area contributed by atoms with Gasteiger partial charge in [0.1, 0.15) is 59.2 Å². The lowest BCUT2D eigenvalue weighted by Gasteiger charge is -2.29. The number of benzene rings is 2. The first-order valence-corrected chi connectivity index (χ1v) is 18.1. The number of carbonyl (C=O) groups excluding carboxylic acids is 4. The van der Waals surface area contributed by atoms with Crippen LogP contribution in [0.5, 0.6) is 0 Å². The highest BCUT2D eigenvalue weighted by Gasteiger charge is 2.54. The van der Waals surface area contributed by atoms with Crippen LogP contribution in [0.15, 0.2) is 48.5 Å². The Morgan fingerprint density at radius 2 is 0.938 bits per heavy atom. The van der Waals surface area contributed by atoms with E-state index in [1.807, 2.05) is 0 Å². The molecule has 2 aliphatic heterocycles. The summed E-state index contributed by atoms with van der Waals surface area (Å²) >= 11 is 11.2. The Morgan fingerprint density at radius 3 is 1.23 bits per heavy atom. The Bertz CT molecular complexity index is 2580. The van der Waals surface area contributed by atoms with Gasteiger partial charge in [0.2, 0.25) is 0 Å². The standard InChI is InChI=1S/2C19H15ClF5N3O4.H2O/c2*1-7-3-8(19(23,24)25)4-13(26-7)28-14(15(29)16(30)18(28)32)17(31)27(2)12-5-9(20)10(21)6-11(12)22;/h2*3-6,14-16,29-30H,1-2H3;1H2/t2*14-,15-,16-;/m00./s1/i2*2D3;. The van der Waals surface area contributed by atoms with Crippen LogP contribution in [-0.2, 0) is 31.5 Å². The molecule has 4 amide bonds. The molecule has 15 nitrogen and oxygen atoms in total. The summed E-state index contributed by atoms with van der Waals surface area (Å²) in [6, 6.07) is -1.45. The van der Waals surface area contributed by atoms with Crippen molar-refractivity contribution in [3.63, 3.8) is 0 Å². The minimum absolute atomic E-state index is 0. The molecule has 0 bridgehead atoms. The lowest BCUT2D eigenvalue weighted by molar-refractivity contribution is -0.138. The summed E-state index contributed by atoms with van der Waals surface area (Å²) in [4.78, 5) is 59.4. The molecule has 0 saturated carbocycles. The molecule has 0 spiro atoms. The third-order valence-electron chi connectivity index (χ3n) is 9.27. The lowest BCUT2D eigenvalue weighted by atomic mass is 10.1. The van der Waals surface area contributed by atoms with Crippen molar-refractivity contribution in [2.75, 3.05) is 33.6 Å². The van der Waals surface area contributed by atoms with Crippen LogP contribution in [0.3, 0.4) is 0 Å². The number of alkyl halides is 6. The number of halogens is 12. The number of rotatable bonds is 6. The number of hydrogen-bond acceptors (Lipinski definition) is 10. The highest BCUT2D eigenvalue weighted by molar-refractivity contribution is 6.31. The molecule has 6 atom stereocenters. The molecule has 0 radical (unpaired) electrons. The minimum Gasteiger partial charge on any atom is -0.412 e. The maximum atomic E-state index is 14.5. The molecule has 4 aromatic rings. The van der Waals surface area contributed by atoms with E-state index in [2.05, 4.69) is 9.97 Å². The molecular formula is C38H32Cl2F10N6O9. The Balaban J connectivity index is 0.000000304.